The first-order valence-electron chi connectivity index (χ1n) is 7.22. The smallest absolute Gasteiger partial charge is 0.225 e. The predicted octanol–water partition coefficient (Wildman–Crippen LogP) is 3.32. The average Bonchev–Trinajstić information content (AvgIpc) is 2.24. The van der Waals surface area contributed by atoms with Gasteiger partial charge in [0, 0.05) is 19.0 Å². The predicted molar refractivity (Wildman–Crippen MR) is 70.6 cm³/mol. The number of carbonyl (C=O) groups excluding carboxylic acids is 1. The van der Waals surface area contributed by atoms with Gasteiger partial charge in [0.2, 0.25) is 5.91 Å². The number of carbonyl (C=O) groups is 1. The van der Waals surface area contributed by atoms with Crippen LogP contribution < -0.4 is 0 Å². The third-order valence-electron chi connectivity index (χ3n) is 4.96. The second-order valence-electron chi connectivity index (χ2n) is 6.89. The maximum Gasteiger partial charge on any atom is 0.225 e. The van der Waals surface area contributed by atoms with Gasteiger partial charge < -0.3 is 4.90 Å². The Morgan fingerprint density at radius 2 is 1.65 bits per heavy atom. The van der Waals surface area contributed by atoms with Crippen molar-refractivity contribution in [3.8, 4) is 0 Å². The Balaban J connectivity index is 1.82. The monoisotopic (exact) mass is 237 g/mol. The first-order chi connectivity index (χ1) is 7.93. The zero-order valence-electron chi connectivity index (χ0n) is 11.8. The van der Waals surface area contributed by atoms with E-state index in [0.29, 0.717) is 11.3 Å². The van der Waals surface area contributed by atoms with Crippen molar-refractivity contribution in [2.75, 3.05) is 13.1 Å². The van der Waals surface area contributed by atoms with Gasteiger partial charge in [-0.1, -0.05) is 27.7 Å². The van der Waals surface area contributed by atoms with Crippen LogP contribution in [0.15, 0.2) is 0 Å². The highest BCUT2D eigenvalue weighted by Gasteiger charge is 2.46. The Morgan fingerprint density at radius 1 is 1.12 bits per heavy atom. The third kappa shape index (κ3) is 2.51. The van der Waals surface area contributed by atoms with Crippen LogP contribution >= 0.6 is 0 Å². The molecule has 1 spiro atoms. The number of hydrogen-bond acceptors (Lipinski definition) is 1. The van der Waals surface area contributed by atoms with Crippen LogP contribution in [0.3, 0.4) is 0 Å². The summed E-state index contributed by atoms with van der Waals surface area (Å²) in [6.45, 7) is 10.7. The van der Waals surface area contributed by atoms with Gasteiger partial charge in [-0.15, -0.1) is 0 Å². The van der Waals surface area contributed by atoms with Crippen LogP contribution in [0.4, 0.5) is 0 Å². The summed E-state index contributed by atoms with van der Waals surface area (Å²) >= 11 is 0. The molecule has 98 valence electrons. The molecule has 0 radical (unpaired) electrons. The van der Waals surface area contributed by atoms with Crippen LogP contribution in [0, 0.1) is 23.2 Å². The fourth-order valence-corrected chi connectivity index (χ4v) is 3.50. The molecule has 2 nitrogen and oxygen atoms in total. The average molecular weight is 237 g/mol. The van der Waals surface area contributed by atoms with E-state index in [2.05, 4.69) is 18.7 Å². The summed E-state index contributed by atoms with van der Waals surface area (Å²) < 4.78 is 0. The summed E-state index contributed by atoms with van der Waals surface area (Å²) in [6, 6.07) is 0. The molecule has 1 aliphatic carbocycles. The molecule has 1 saturated heterocycles. The molecule has 0 atom stereocenters. The number of piperidine rings is 1. The minimum Gasteiger partial charge on any atom is -0.342 e. The zero-order chi connectivity index (χ0) is 12.6. The molecule has 0 N–H and O–H groups in total. The molecule has 2 fully saturated rings. The number of nitrogens with zero attached hydrogens (tertiary/aromatic N) is 1. The second kappa shape index (κ2) is 4.62. The van der Waals surface area contributed by atoms with Gasteiger partial charge in [-0.2, -0.15) is 0 Å². The molecule has 1 amide bonds. The molecule has 2 rings (SSSR count). The quantitative estimate of drug-likeness (QED) is 0.721. The van der Waals surface area contributed by atoms with Crippen molar-refractivity contribution in [3.63, 3.8) is 0 Å². The highest BCUT2D eigenvalue weighted by Crippen LogP contribution is 2.54. The van der Waals surface area contributed by atoms with Gasteiger partial charge in [-0.05, 0) is 42.9 Å². The van der Waals surface area contributed by atoms with E-state index in [1.807, 2.05) is 13.8 Å². The van der Waals surface area contributed by atoms with Gasteiger partial charge >= 0.3 is 0 Å². The van der Waals surface area contributed by atoms with Gasteiger partial charge in [0.1, 0.15) is 0 Å². The summed E-state index contributed by atoms with van der Waals surface area (Å²) in [6.07, 6.45) is 5.31. The maximum absolute atomic E-state index is 11.9. The van der Waals surface area contributed by atoms with Crippen molar-refractivity contribution < 1.29 is 4.79 Å². The summed E-state index contributed by atoms with van der Waals surface area (Å²) in [5, 5.41) is 0. The summed E-state index contributed by atoms with van der Waals surface area (Å²) in [4.78, 5) is 14.0. The third-order valence-corrected chi connectivity index (χ3v) is 4.96. The SMILES string of the molecule is CC(C)C(=O)N1CCC2(CC1)CC(C(C)C)C2. The van der Waals surface area contributed by atoms with E-state index in [1.54, 1.807) is 0 Å². The molecule has 1 aliphatic heterocycles. The molecular formula is C15H27NO. The van der Waals surface area contributed by atoms with E-state index in [4.69, 9.17) is 0 Å². The fraction of sp³-hybridized carbons (Fsp3) is 0.933. The van der Waals surface area contributed by atoms with Crippen LogP contribution in [-0.2, 0) is 4.79 Å². The maximum atomic E-state index is 11.9. The normalized spacial score (nSPS) is 24.5. The Bertz CT molecular complexity index is 279. The van der Waals surface area contributed by atoms with Gasteiger partial charge in [-0.25, -0.2) is 0 Å². The van der Waals surface area contributed by atoms with Gasteiger partial charge in [0.05, 0.1) is 0 Å². The lowest BCUT2D eigenvalue weighted by Gasteiger charge is -2.54. The minimum absolute atomic E-state index is 0.161. The molecule has 0 unspecified atom stereocenters. The van der Waals surface area contributed by atoms with Crippen LogP contribution in [0.5, 0.6) is 0 Å². The van der Waals surface area contributed by atoms with Crippen molar-refractivity contribution in [3.05, 3.63) is 0 Å². The van der Waals surface area contributed by atoms with E-state index >= 15 is 0 Å². The lowest BCUT2D eigenvalue weighted by atomic mass is 9.55. The molecule has 2 aliphatic rings. The molecular weight excluding hydrogens is 210 g/mol. The van der Waals surface area contributed by atoms with E-state index < -0.39 is 0 Å². The number of hydrogen-bond donors (Lipinski definition) is 0. The van der Waals surface area contributed by atoms with E-state index in [9.17, 15) is 4.79 Å². The van der Waals surface area contributed by atoms with E-state index in [0.717, 1.165) is 24.9 Å². The fourth-order valence-electron chi connectivity index (χ4n) is 3.50. The van der Waals surface area contributed by atoms with E-state index in [1.165, 1.54) is 25.7 Å². The first-order valence-corrected chi connectivity index (χ1v) is 7.22. The number of amides is 1. The van der Waals surface area contributed by atoms with E-state index in [-0.39, 0.29) is 5.92 Å². The number of likely N-dealkylation sites (tertiary alicyclic amines) is 1. The minimum atomic E-state index is 0.161. The molecule has 0 aromatic carbocycles. The standard InChI is InChI=1S/C15H27NO/c1-11(2)13-9-15(10-13)5-7-16(8-6-15)14(17)12(3)4/h11-13H,5-10H2,1-4H3. The Morgan fingerprint density at radius 3 is 2.06 bits per heavy atom. The Kier molecular flexibility index (Phi) is 3.51. The van der Waals surface area contributed by atoms with Crippen LogP contribution in [0.1, 0.15) is 53.4 Å². The summed E-state index contributed by atoms with van der Waals surface area (Å²) in [7, 11) is 0. The summed E-state index contributed by atoms with van der Waals surface area (Å²) in [5.41, 5.74) is 0.614. The zero-order valence-corrected chi connectivity index (χ0v) is 11.8. The molecule has 0 bridgehead atoms. The lowest BCUT2D eigenvalue weighted by Crippen LogP contribution is -2.50. The van der Waals surface area contributed by atoms with Gasteiger partial charge in [0.25, 0.3) is 0 Å². The first kappa shape index (κ1) is 12.9. The van der Waals surface area contributed by atoms with Crippen molar-refractivity contribution >= 4 is 5.91 Å². The number of rotatable bonds is 2. The highest BCUT2D eigenvalue weighted by molar-refractivity contribution is 5.78. The second-order valence-corrected chi connectivity index (χ2v) is 6.89. The Hall–Kier alpha value is -0.530. The van der Waals surface area contributed by atoms with Crippen molar-refractivity contribution in [2.24, 2.45) is 23.2 Å². The molecule has 17 heavy (non-hydrogen) atoms. The van der Waals surface area contributed by atoms with Gasteiger partial charge in [0.15, 0.2) is 0 Å². The highest BCUT2D eigenvalue weighted by atomic mass is 16.2. The lowest BCUT2D eigenvalue weighted by molar-refractivity contribution is -0.139. The van der Waals surface area contributed by atoms with Crippen LogP contribution in [0.25, 0.3) is 0 Å². The molecule has 0 aromatic rings. The largest absolute Gasteiger partial charge is 0.342 e. The van der Waals surface area contributed by atoms with Crippen LogP contribution in [-0.4, -0.2) is 23.9 Å². The van der Waals surface area contributed by atoms with Crippen molar-refractivity contribution in [1.29, 1.82) is 0 Å². The molecule has 2 heteroatoms. The summed E-state index contributed by atoms with van der Waals surface area (Å²) in [5.74, 6) is 2.30. The molecule has 1 saturated carbocycles. The topological polar surface area (TPSA) is 20.3 Å². The Labute approximate surface area is 106 Å². The molecule has 1 heterocycles. The van der Waals surface area contributed by atoms with Crippen molar-refractivity contribution in [1.82, 2.24) is 4.90 Å². The van der Waals surface area contributed by atoms with Gasteiger partial charge in [-0.3, -0.25) is 4.79 Å². The van der Waals surface area contributed by atoms with Crippen molar-refractivity contribution in [2.45, 2.75) is 53.4 Å². The molecule has 0 aromatic heterocycles. The van der Waals surface area contributed by atoms with Crippen LogP contribution in [0.2, 0.25) is 0 Å².